The van der Waals surface area contributed by atoms with Gasteiger partial charge in [0.15, 0.2) is 0 Å². The minimum Gasteiger partial charge on any atom is -0.436 e. The number of aromatic nitrogens is 2. The molecule has 0 aliphatic heterocycles. The van der Waals surface area contributed by atoms with Gasteiger partial charge in [0.1, 0.15) is 11.1 Å². The lowest BCUT2D eigenvalue weighted by molar-refractivity contribution is 0.655. The van der Waals surface area contributed by atoms with E-state index in [9.17, 15) is 0 Å². The topological polar surface area (TPSA) is 62.7 Å². The Morgan fingerprint density at radius 2 is 1.03 bits per heavy atom. The van der Waals surface area contributed by atoms with E-state index >= 15 is 0 Å². The summed E-state index contributed by atoms with van der Waals surface area (Å²) in [7, 11) is 0. The Kier molecular flexibility index (Phi) is 4.80. The molecule has 37 heavy (non-hydrogen) atoms. The number of rotatable bonds is 3. The molecule has 0 aliphatic carbocycles. The van der Waals surface area contributed by atoms with E-state index in [1.54, 1.807) is 0 Å². The normalized spacial score (nSPS) is 11.2. The van der Waals surface area contributed by atoms with Gasteiger partial charge in [-0.3, -0.25) is 0 Å². The molecule has 0 atom stereocenters. The molecule has 4 heteroatoms. The minimum atomic E-state index is 0.561. The molecule has 0 saturated carbocycles. The molecule has 0 N–H and O–H groups in total. The van der Waals surface area contributed by atoms with Crippen molar-refractivity contribution < 1.29 is 4.42 Å². The fourth-order valence-corrected chi connectivity index (χ4v) is 4.77. The summed E-state index contributed by atoms with van der Waals surface area (Å²) in [5.74, 6) is 0. The Balaban J connectivity index is 1.20. The molecular formula is C33H19N3O. The van der Waals surface area contributed by atoms with Crippen LogP contribution >= 0.6 is 0 Å². The van der Waals surface area contributed by atoms with Gasteiger partial charge < -0.3 is 4.42 Å². The van der Waals surface area contributed by atoms with E-state index in [-0.39, 0.29) is 0 Å². The lowest BCUT2D eigenvalue weighted by Gasteiger charge is -2.07. The van der Waals surface area contributed by atoms with Gasteiger partial charge in [-0.2, -0.15) is 5.26 Å². The van der Waals surface area contributed by atoms with Crippen LogP contribution in [0.25, 0.3) is 66.6 Å². The van der Waals surface area contributed by atoms with E-state index in [0.29, 0.717) is 11.3 Å². The average Bonchev–Trinajstić information content (AvgIpc) is 3.33. The summed E-state index contributed by atoms with van der Waals surface area (Å²) in [6.07, 6.45) is 0. The smallest absolute Gasteiger partial charge is 0.246 e. The number of fused-ring (bicyclic) bond motifs is 4. The van der Waals surface area contributed by atoms with Crippen LogP contribution in [-0.2, 0) is 0 Å². The van der Waals surface area contributed by atoms with Gasteiger partial charge in [0, 0.05) is 5.39 Å². The van der Waals surface area contributed by atoms with E-state index in [2.05, 4.69) is 71.7 Å². The van der Waals surface area contributed by atoms with E-state index in [4.69, 9.17) is 14.7 Å². The molecule has 0 radical (unpaired) electrons. The summed E-state index contributed by atoms with van der Waals surface area (Å²) in [4.78, 5) is 9.48. The Labute approximate surface area is 213 Å². The van der Waals surface area contributed by atoms with Crippen molar-refractivity contribution in [1.29, 1.82) is 5.26 Å². The molecule has 0 spiro atoms. The van der Waals surface area contributed by atoms with Crippen molar-refractivity contribution >= 4 is 33.2 Å². The third-order valence-electron chi connectivity index (χ3n) is 6.76. The second-order valence-electron chi connectivity index (χ2n) is 9.02. The summed E-state index contributed by atoms with van der Waals surface area (Å²) in [6.45, 7) is 0. The Bertz CT molecular complexity index is 1960. The van der Waals surface area contributed by atoms with Gasteiger partial charge in [0.25, 0.3) is 0 Å². The number of nitriles is 1. The van der Waals surface area contributed by atoms with Crippen molar-refractivity contribution in [2.75, 3.05) is 0 Å². The van der Waals surface area contributed by atoms with Crippen molar-refractivity contribution in [3.05, 3.63) is 121 Å². The quantitative estimate of drug-likeness (QED) is 0.258. The van der Waals surface area contributed by atoms with Crippen LogP contribution in [0, 0.1) is 11.3 Å². The zero-order valence-electron chi connectivity index (χ0n) is 19.7. The second kappa shape index (κ2) is 8.44. The van der Waals surface area contributed by atoms with Crippen molar-refractivity contribution in [2.24, 2.45) is 0 Å². The number of para-hydroxylation sites is 2. The highest BCUT2D eigenvalue weighted by Crippen LogP contribution is 2.33. The third kappa shape index (κ3) is 3.71. The highest BCUT2D eigenvalue weighted by Gasteiger charge is 2.12. The Hall–Kier alpha value is -5.27. The number of furan rings is 1. The molecule has 7 rings (SSSR count). The number of benzene rings is 5. The molecular weight excluding hydrogens is 454 g/mol. The first-order valence-corrected chi connectivity index (χ1v) is 12.1. The molecule has 0 bridgehead atoms. The first kappa shape index (κ1) is 21.0. The molecule has 0 unspecified atom stereocenters. The highest BCUT2D eigenvalue weighted by atomic mass is 16.3. The van der Waals surface area contributed by atoms with Gasteiger partial charge in [-0.25, -0.2) is 9.97 Å². The summed E-state index contributed by atoms with van der Waals surface area (Å²) >= 11 is 0. The largest absolute Gasteiger partial charge is 0.436 e. The van der Waals surface area contributed by atoms with Gasteiger partial charge in [0.2, 0.25) is 5.71 Å². The van der Waals surface area contributed by atoms with Crippen LogP contribution in [0.2, 0.25) is 0 Å². The van der Waals surface area contributed by atoms with Crippen molar-refractivity contribution in [3.63, 3.8) is 0 Å². The third-order valence-corrected chi connectivity index (χ3v) is 6.76. The fraction of sp³-hybridized carbons (Fsp3) is 0. The van der Waals surface area contributed by atoms with Gasteiger partial charge in [-0.15, -0.1) is 0 Å². The maximum Gasteiger partial charge on any atom is 0.246 e. The summed E-state index contributed by atoms with van der Waals surface area (Å²) in [6, 6.07) is 41.0. The van der Waals surface area contributed by atoms with Gasteiger partial charge in [-0.05, 0) is 69.8 Å². The molecule has 2 heterocycles. The van der Waals surface area contributed by atoms with Crippen LogP contribution in [0.4, 0.5) is 0 Å². The van der Waals surface area contributed by atoms with E-state index < -0.39 is 0 Å². The van der Waals surface area contributed by atoms with Gasteiger partial charge in [-0.1, -0.05) is 78.9 Å². The number of hydrogen-bond donors (Lipinski definition) is 0. The molecule has 0 saturated heterocycles. The van der Waals surface area contributed by atoms with E-state index in [1.165, 1.54) is 0 Å². The summed E-state index contributed by atoms with van der Waals surface area (Å²) in [5, 5.41) is 9.97. The van der Waals surface area contributed by atoms with Crippen LogP contribution in [-0.4, -0.2) is 9.97 Å². The molecule has 172 valence electrons. The minimum absolute atomic E-state index is 0.561. The summed E-state index contributed by atoms with van der Waals surface area (Å²) in [5.41, 5.74) is 11.3. The van der Waals surface area contributed by atoms with Crippen LogP contribution in [0.3, 0.4) is 0 Å². The fourth-order valence-electron chi connectivity index (χ4n) is 4.77. The Morgan fingerprint density at radius 3 is 1.59 bits per heavy atom. The number of nitrogens with zero attached hydrogens (tertiary/aromatic N) is 3. The summed E-state index contributed by atoms with van der Waals surface area (Å²) < 4.78 is 5.99. The zero-order valence-corrected chi connectivity index (χ0v) is 19.7. The van der Waals surface area contributed by atoms with Gasteiger partial charge in [0.05, 0.1) is 22.7 Å². The molecule has 2 aromatic heterocycles. The maximum absolute atomic E-state index is 9.01. The lowest BCUT2D eigenvalue weighted by Crippen LogP contribution is -1.84. The first-order chi connectivity index (χ1) is 18.2. The van der Waals surface area contributed by atoms with Crippen LogP contribution in [0.5, 0.6) is 0 Å². The first-order valence-electron chi connectivity index (χ1n) is 12.1. The van der Waals surface area contributed by atoms with E-state index in [0.717, 1.165) is 60.9 Å². The molecule has 0 fully saturated rings. The van der Waals surface area contributed by atoms with Gasteiger partial charge >= 0.3 is 0 Å². The van der Waals surface area contributed by atoms with E-state index in [1.807, 2.05) is 54.6 Å². The second-order valence-corrected chi connectivity index (χ2v) is 9.02. The van der Waals surface area contributed by atoms with Crippen molar-refractivity contribution in [2.45, 2.75) is 0 Å². The highest BCUT2D eigenvalue weighted by molar-refractivity contribution is 6.04. The predicted octanol–water partition coefficient (Wildman–Crippen LogP) is 8.40. The standard InChI is InChI=1S/C33H19N3O/c34-20-21-5-7-22(8-6-21)23-9-11-24(12-10-23)25-13-15-26(16-14-25)27-17-18-31-28(19-27)32-33(37-31)36-30-4-2-1-3-29(30)35-32/h1-19H. The Morgan fingerprint density at radius 1 is 0.541 bits per heavy atom. The molecule has 7 aromatic rings. The van der Waals surface area contributed by atoms with Crippen molar-refractivity contribution in [1.82, 2.24) is 9.97 Å². The maximum atomic E-state index is 9.01. The monoisotopic (exact) mass is 473 g/mol. The predicted molar refractivity (Wildman–Crippen MR) is 148 cm³/mol. The average molecular weight is 474 g/mol. The molecule has 4 nitrogen and oxygen atoms in total. The number of hydrogen-bond acceptors (Lipinski definition) is 4. The molecule has 0 amide bonds. The van der Waals surface area contributed by atoms with Crippen molar-refractivity contribution in [3.8, 4) is 39.4 Å². The molecule has 0 aliphatic rings. The van der Waals surface area contributed by atoms with Crippen LogP contribution in [0.1, 0.15) is 5.56 Å². The zero-order chi connectivity index (χ0) is 24.8. The van der Waals surface area contributed by atoms with Crippen LogP contribution in [0.15, 0.2) is 120 Å². The SMILES string of the molecule is N#Cc1ccc(-c2ccc(-c3ccc(-c4ccc5oc6nc7ccccc7nc6c5c4)cc3)cc2)cc1. The molecule has 5 aromatic carbocycles. The lowest BCUT2D eigenvalue weighted by atomic mass is 9.97. The van der Waals surface area contributed by atoms with Crippen LogP contribution < -0.4 is 0 Å².